The summed E-state index contributed by atoms with van der Waals surface area (Å²) < 4.78 is 7.63. The van der Waals surface area contributed by atoms with Gasteiger partial charge in [0.25, 0.3) is 11.8 Å². The quantitative estimate of drug-likeness (QED) is 0.695. The molecule has 2 amide bonds. The highest BCUT2D eigenvalue weighted by molar-refractivity contribution is 6.09. The minimum atomic E-state index is -0.751. The molecule has 0 saturated carbocycles. The van der Waals surface area contributed by atoms with Gasteiger partial charge in [0.2, 0.25) is 0 Å². The summed E-state index contributed by atoms with van der Waals surface area (Å²) >= 11 is 0. The molecule has 144 valence electrons. The molecule has 0 N–H and O–H groups in total. The third kappa shape index (κ3) is 2.96. The molecular weight excluding hydrogens is 358 g/mol. The molecule has 1 aliphatic heterocycles. The molecule has 1 aliphatic rings. The minimum absolute atomic E-state index is 0.145. The summed E-state index contributed by atoms with van der Waals surface area (Å²) in [7, 11) is 3.34. The van der Waals surface area contributed by atoms with Crippen LogP contribution in [0.2, 0.25) is 0 Å². The van der Waals surface area contributed by atoms with E-state index in [0.29, 0.717) is 29.1 Å². The predicted octanol–water partition coefficient (Wildman–Crippen LogP) is 1.95. The first-order valence-corrected chi connectivity index (χ1v) is 9.11. The smallest absolute Gasteiger partial charge is 0.265 e. The number of likely N-dealkylation sites (N-methyl/N-ethyl adjacent to an activating group) is 1. The number of hydrogen-bond acceptors (Lipinski definition) is 5. The number of benzene rings is 2. The van der Waals surface area contributed by atoms with Gasteiger partial charge in [-0.2, -0.15) is 0 Å². The molecule has 8 nitrogen and oxygen atoms in total. The average Bonchev–Trinajstić information content (AvgIpc) is 3.14. The van der Waals surface area contributed by atoms with Crippen LogP contribution in [0.3, 0.4) is 0 Å². The summed E-state index contributed by atoms with van der Waals surface area (Å²) in [6.45, 7) is 2.83. The molecule has 0 radical (unpaired) electrons. The van der Waals surface area contributed by atoms with Crippen molar-refractivity contribution >= 4 is 28.5 Å². The van der Waals surface area contributed by atoms with Gasteiger partial charge in [-0.05, 0) is 37.3 Å². The number of aromatic nitrogens is 3. The Morgan fingerprint density at radius 3 is 2.75 bits per heavy atom. The Bertz CT molecular complexity index is 1060. The largest absolute Gasteiger partial charge is 0.476 e. The summed E-state index contributed by atoms with van der Waals surface area (Å²) in [4.78, 5) is 28.8. The Labute approximate surface area is 162 Å². The maximum atomic E-state index is 13.3. The van der Waals surface area contributed by atoms with E-state index in [-0.39, 0.29) is 18.4 Å². The molecule has 0 fully saturated rings. The minimum Gasteiger partial charge on any atom is -0.476 e. The lowest BCUT2D eigenvalue weighted by molar-refractivity contribution is -0.135. The number of fused-ring (bicyclic) bond motifs is 2. The number of amides is 2. The van der Waals surface area contributed by atoms with E-state index in [9.17, 15) is 9.59 Å². The van der Waals surface area contributed by atoms with Crippen LogP contribution in [-0.2, 0) is 11.3 Å². The van der Waals surface area contributed by atoms with E-state index in [2.05, 4.69) is 10.3 Å². The fourth-order valence-corrected chi connectivity index (χ4v) is 3.34. The zero-order valence-corrected chi connectivity index (χ0v) is 16.0. The van der Waals surface area contributed by atoms with Crippen LogP contribution < -0.4 is 9.64 Å². The number of carbonyl (C=O) groups is 2. The molecule has 0 saturated heterocycles. The zero-order chi connectivity index (χ0) is 19.8. The van der Waals surface area contributed by atoms with Crippen LogP contribution in [0, 0.1) is 0 Å². The van der Waals surface area contributed by atoms with Crippen molar-refractivity contribution in [2.24, 2.45) is 0 Å². The fourth-order valence-electron chi connectivity index (χ4n) is 3.34. The van der Waals surface area contributed by atoms with Gasteiger partial charge < -0.3 is 14.5 Å². The highest BCUT2D eigenvalue weighted by Gasteiger charge is 2.35. The van der Waals surface area contributed by atoms with E-state index in [0.717, 1.165) is 5.52 Å². The van der Waals surface area contributed by atoms with Crippen molar-refractivity contribution in [3.8, 4) is 5.75 Å². The van der Waals surface area contributed by atoms with Crippen LogP contribution >= 0.6 is 0 Å². The first-order chi connectivity index (χ1) is 13.5. The molecule has 28 heavy (non-hydrogen) atoms. The number of nitrogens with zero attached hydrogens (tertiary/aromatic N) is 5. The van der Waals surface area contributed by atoms with E-state index in [4.69, 9.17) is 4.74 Å². The second-order valence-electron chi connectivity index (χ2n) is 6.83. The molecule has 8 heteroatoms. The van der Waals surface area contributed by atoms with Gasteiger partial charge in [-0.3, -0.25) is 9.59 Å². The van der Waals surface area contributed by atoms with Crippen molar-refractivity contribution in [3.05, 3.63) is 48.0 Å². The topological polar surface area (TPSA) is 80.6 Å². The number of hydrogen-bond donors (Lipinski definition) is 0. The summed E-state index contributed by atoms with van der Waals surface area (Å²) in [6.07, 6.45) is -0.751. The van der Waals surface area contributed by atoms with Crippen molar-refractivity contribution in [1.82, 2.24) is 19.9 Å². The normalized spacial score (nSPS) is 15.8. The predicted molar refractivity (Wildman–Crippen MR) is 104 cm³/mol. The molecule has 2 heterocycles. The van der Waals surface area contributed by atoms with Crippen LogP contribution in [0.5, 0.6) is 5.75 Å². The van der Waals surface area contributed by atoms with E-state index in [1.807, 2.05) is 31.2 Å². The number of aryl methyl sites for hydroxylation is 1. The first kappa shape index (κ1) is 18.0. The molecular formula is C20H21N5O3. The average molecular weight is 379 g/mol. The zero-order valence-electron chi connectivity index (χ0n) is 16.0. The maximum Gasteiger partial charge on any atom is 0.265 e. The molecule has 1 atom stereocenters. The molecule has 0 aliphatic carbocycles. The van der Waals surface area contributed by atoms with E-state index in [1.54, 1.807) is 41.9 Å². The van der Waals surface area contributed by atoms with Gasteiger partial charge in [0.05, 0.1) is 17.7 Å². The Morgan fingerprint density at radius 1 is 1.21 bits per heavy atom. The summed E-state index contributed by atoms with van der Waals surface area (Å²) in [5, 5.41) is 8.23. The number of para-hydroxylation sites is 2. The Morgan fingerprint density at radius 2 is 2.00 bits per heavy atom. The Kier molecular flexibility index (Phi) is 4.46. The number of rotatable bonds is 3. The van der Waals surface area contributed by atoms with E-state index >= 15 is 0 Å². The van der Waals surface area contributed by atoms with Crippen molar-refractivity contribution < 1.29 is 14.3 Å². The molecule has 0 bridgehead atoms. The van der Waals surface area contributed by atoms with Gasteiger partial charge in [-0.25, -0.2) is 4.68 Å². The Balaban J connectivity index is 1.72. The molecule has 0 spiro atoms. The monoisotopic (exact) mass is 379 g/mol. The van der Waals surface area contributed by atoms with E-state index < -0.39 is 6.10 Å². The summed E-state index contributed by atoms with van der Waals surface area (Å²) in [5.41, 5.74) is 2.67. The van der Waals surface area contributed by atoms with Gasteiger partial charge >= 0.3 is 0 Å². The van der Waals surface area contributed by atoms with Crippen LogP contribution in [0.4, 0.5) is 5.69 Å². The molecule has 0 unspecified atom stereocenters. The first-order valence-electron chi connectivity index (χ1n) is 9.11. The Hall–Kier alpha value is -3.42. The second kappa shape index (κ2) is 6.95. The molecule has 1 aromatic heterocycles. The molecule has 4 rings (SSSR count). The standard InChI is InChI=1S/C20H21N5O3/c1-4-25-15-10-9-13(11-14(15)21-22-25)19(26)24-12-18(20(27)23(2)3)28-17-8-6-5-7-16(17)24/h5-11,18H,4,12H2,1-3H3/t18-/m0/s1. The number of ether oxygens (including phenoxy) is 1. The molecule has 3 aromatic rings. The second-order valence-corrected chi connectivity index (χ2v) is 6.83. The summed E-state index contributed by atoms with van der Waals surface area (Å²) in [6, 6.07) is 12.6. The van der Waals surface area contributed by atoms with Crippen molar-refractivity contribution in [1.29, 1.82) is 0 Å². The number of anilines is 1. The van der Waals surface area contributed by atoms with Crippen LogP contribution in [0.15, 0.2) is 42.5 Å². The third-order valence-corrected chi connectivity index (χ3v) is 4.80. The summed E-state index contributed by atoms with van der Waals surface area (Å²) in [5.74, 6) is 0.120. The van der Waals surface area contributed by atoms with Gasteiger partial charge in [0, 0.05) is 26.2 Å². The lowest BCUT2D eigenvalue weighted by Crippen LogP contribution is -2.50. The molecule has 2 aromatic carbocycles. The van der Waals surface area contributed by atoms with Crippen molar-refractivity contribution in [2.75, 3.05) is 25.5 Å². The van der Waals surface area contributed by atoms with Crippen LogP contribution in [0.1, 0.15) is 17.3 Å². The number of carbonyl (C=O) groups excluding carboxylic acids is 2. The fraction of sp³-hybridized carbons (Fsp3) is 0.300. The van der Waals surface area contributed by atoms with Gasteiger partial charge in [-0.15, -0.1) is 5.10 Å². The van der Waals surface area contributed by atoms with Gasteiger partial charge in [-0.1, -0.05) is 17.3 Å². The highest BCUT2D eigenvalue weighted by Crippen LogP contribution is 2.34. The van der Waals surface area contributed by atoms with Crippen LogP contribution in [-0.4, -0.2) is 58.5 Å². The highest BCUT2D eigenvalue weighted by atomic mass is 16.5. The van der Waals surface area contributed by atoms with E-state index in [1.165, 1.54) is 4.90 Å². The lowest BCUT2D eigenvalue weighted by Gasteiger charge is -2.35. The third-order valence-electron chi connectivity index (χ3n) is 4.80. The van der Waals surface area contributed by atoms with Gasteiger partial charge in [0.1, 0.15) is 11.3 Å². The van der Waals surface area contributed by atoms with Crippen LogP contribution in [0.25, 0.3) is 11.0 Å². The maximum absolute atomic E-state index is 13.3. The van der Waals surface area contributed by atoms with Crippen molar-refractivity contribution in [2.45, 2.75) is 19.6 Å². The van der Waals surface area contributed by atoms with Crippen molar-refractivity contribution in [3.63, 3.8) is 0 Å². The van der Waals surface area contributed by atoms with Gasteiger partial charge in [0.15, 0.2) is 6.10 Å². The lowest BCUT2D eigenvalue weighted by atomic mass is 10.1. The SMILES string of the molecule is CCn1nnc2cc(C(=O)N3C[C@@H](C(=O)N(C)C)Oc4ccccc43)ccc21.